The summed E-state index contributed by atoms with van der Waals surface area (Å²) in [6.07, 6.45) is 0. The first kappa shape index (κ1) is 19.2. The Bertz CT molecular complexity index is 1420. The van der Waals surface area contributed by atoms with E-state index in [2.05, 4.69) is 26.2 Å². The van der Waals surface area contributed by atoms with Gasteiger partial charge in [-0.25, -0.2) is 9.97 Å². The lowest BCUT2D eigenvalue weighted by Crippen LogP contribution is -2.13. The summed E-state index contributed by atoms with van der Waals surface area (Å²) in [4.78, 5) is 22.4. The maximum Gasteiger partial charge on any atom is 0.258 e. The highest BCUT2D eigenvalue weighted by Crippen LogP contribution is 2.30. The number of pyridine rings is 1. The molecule has 146 valence electrons. The van der Waals surface area contributed by atoms with Crippen molar-refractivity contribution in [1.29, 1.82) is 0 Å². The molecule has 0 atom stereocenters. The summed E-state index contributed by atoms with van der Waals surface area (Å²) >= 11 is 10.9. The van der Waals surface area contributed by atoms with Gasteiger partial charge in [-0.1, -0.05) is 69.2 Å². The van der Waals surface area contributed by atoms with Crippen LogP contribution in [0.3, 0.4) is 0 Å². The molecule has 0 aliphatic rings. The molecule has 3 aromatic carbocycles. The van der Waals surface area contributed by atoms with E-state index in [4.69, 9.17) is 16.6 Å². The molecule has 7 heteroatoms. The zero-order valence-electron chi connectivity index (χ0n) is 15.4. The van der Waals surface area contributed by atoms with Crippen LogP contribution in [0, 0.1) is 0 Å². The van der Waals surface area contributed by atoms with Gasteiger partial charge in [0.2, 0.25) is 0 Å². The number of aromatic nitrogens is 2. The van der Waals surface area contributed by atoms with E-state index in [1.807, 2.05) is 66.7 Å². The number of rotatable bonds is 3. The molecule has 5 aromatic rings. The van der Waals surface area contributed by atoms with Gasteiger partial charge in [-0.05, 0) is 42.5 Å². The maximum atomic E-state index is 13.2. The Labute approximate surface area is 189 Å². The number of thiazole rings is 1. The highest BCUT2D eigenvalue weighted by molar-refractivity contribution is 9.10. The minimum Gasteiger partial charge on any atom is -0.298 e. The Kier molecular flexibility index (Phi) is 4.98. The fraction of sp³-hybridized carbons (Fsp3) is 0. The van der Waals surface area contributed by atoms with Crippen LogP contribution < -0.4 is 5.32 Å². The molecular formula is C23H13BrClN3OS. The highest BCUT2D eigenvalue weighted by atomic mass is 79.9. The van der Waals surface area contributed by atoms with Gasteiger partial charge in [-0.15, -0.1) is 0 Å². The number of benzene rings is 3. The predicted molar refractivity (Wildman–Crippen MR) is 127 cm³/mol. The molecule has 0 saturated heterocycles. The van der Waals surface area contributed by atoms with Crippen LogP contribution in [0.5, 0.6) is 0 Å². The average Bonchev–Trinajstić information content (AvgIpc) is 3.14. The van der Waals surface area contributed by atoms with Crippen LogP contribution in [0.4, 0.5) is 5.13 Å². The molecule has 1 N–H and O–H groups in total. The molecule has 2 heterocycles. The van der Waals surface area contributed by atoms with E-state index in [-0.39, 0.29) is 5.91 Å². The molecule has 0 fully saturated rings. The van der Waals surface area contributed by atoms with E-state index in [1.54, 1.807) is 6.07 Å². The molecule has 0 saturated carbocycles. The van der Waals surface area contributed by atoms with Crippen molar-refractivity contribution in [2.75, 3.05) is 5.32 Å². The van der Waals surface area contributed by atoms with Crippen molar-refractivity contribution in [3.05, 3.63) is 87.9 Å². The van der Waals surface area contributed by atoms with E-state index in [0.717, 1.165) is 36.8 Å². The number of fused-ring (bicyclic) bond motifs is 2. The fourth-order valence-electron chi connectivity index (χ4n) is 3.25. The van der Waals surface area contributed by atoms with Crippen LogP contribution in [0.2, 0.25) is 5.02 Å². The van der Waals surface area contributed by atoms with Crippen molar-refractivity contribution < 1.29 is 4.79 Å². The number of hydrogen-bond acceptors (Lipinski definition) is 4. The average molecular weight is 495 g/mol. The third-order valence-electron chi connectivity index (χ3n) is 4.67. The lowest BCUT2D eigenvalue weighted by atomic mass is 10.0. The van der Waals surface area contributed by atoms with Gasteiger partial charge in [0.1, 0.15) is 0 Å². The molecule has 0 unspecified atom stereocenters. The zero-order valence-corrected chi connectivity index (χ0v) is 18.6. The van der Waals surface area contributed by atoms with Crippen LogP contribution in [0.1, 0.15) is 10.4 Å². The molecule has 0 radical (unpaired) electrons. The van der Waals surface area contributed by atoms with Crippen LogP contribution >= 0.6 is 38.9 Å². The molecule has 0 bridgehead atoms. The van der Waals surface area contributed by atoms with E-state index in [0.29, 0.717) is 15.7 Å². The van der Waals surface area contributed by atoms with Crippen LogP contribution in [0.25, 0.3) is 32.4 Å². The van der Waals surface area contributed by atoms with Gasteiger partial charge in [0, 0.05) is 20.4 Å². The third-order valence-corrected chi connectivity index (χ3v) is 6.37. The number of carbonyl (C=O) groups excluding carboxylic acids is 1. The van der Waals surface area contributed by atoms with Gasteiger partial charge in [0.25, 0.3) is 5.91 Å². The first-order valence-electron chi connectivity index (χ1n) is 9.10. The second kappa shape index (κ2) is 7.80. The maximum absolute atomic E-state index is 13.2. The molecule has 5 rings (SSSR count). The van der Waals surface area contributed by atoms with Crippen molar-refractivity contribution in [1.82, 2.24) is 9.97 Å². The molecule has 1 amide bonds. The van der Waals surface area contributed by atoms with Gasteiger partial charge >= 0.3 is 0 Å². The number of halogens is 2. The summed E-state index contributed by atoms with van der Waals surface area (Å²) < 4.78 is 1.91. The first-order chi connectivity index (χ1) is 14.6. The van der Waals surface area contributed by atoms with Crippen LogP contribution in [0.15, 0.2) is 77.3 Å². The number of carbonyl (C=O) groups is 1. The lowest BCUT2D eigenvalue weighted by Gasteiger charge is -2.09. The third kappa shape index (κ3) is 3.69. The number of nitrogens with zero attached hydrogens (tertiary/aromatic N) is 2. The quantitative estimate of drug-likeness (QED) is 0.289. The minimum atomic E-state index is -0.225. The van der Waals surface area contributed by atoms with Gasteiger partial charge in [-0.3, -0.25) is 10.1 Å². The lowest BCUT2D eigenvalue weighted by molar-refractivity contribution is 0.102. The minimum absolute atomic E-state index is 0.225. The number of anilines is 1. The molecule has 0 spiro atoms. The second-order valence-electron chi connectivity index (χ2n) is 6.66. The first-order valence-corrected chi connectivity index (χ1v) is 11.1. The summed E-state index contributed by atoms with van der Waals surface area (Å²) in [6, 6.07) is 22.8. The van der Waals surface area contributed by atoms with Gasteiger partial charge in [0.05, 0.1) is 27.0 Å². The standard InChI is InChI=1S/C23H13BrClN3OS/c24-14-7-5-13(6-8-14)20-12-17(16-3-1-2-4-18(16)26-20)22(29)28-23-27-19-10-9-15(25)11-21(19)30-23/h1-12H,(H,27,28,29). The topological polar surface area (TPSA) is 54.9 Å². The number of nitrogens with one attached hydrogen (secondary N) is 1. The molecule has 0 aliphatic heterocycles. The Hall–Kier alpha value is -2.80. The number of amides is 1. The normalized spacial score (nSPS) is 11.1. The number of hydrogen-bond donors (Lipinski definition) is 1. The van der Waals surface area contributed by atoms with Crippen molar-refractivity contribution in [3.8, 4) is 11.3 Å². The summed E-state index contributed by atoms with van der Waals surface area (Å²) in [5.74, 6) is -0.225. The zero-order chi connectivity index (χ0) is 20.7. The SMILES string of the molecule is O=C(Nc1nc2ccc(Cl)cc2s1)c1cc(-c2ccc(Br)cc2)nc2ccccc12. The molecule has 0 aliphatic carbocycles. The van der Waals surface area contributed by atoms with E-state index in [9.17, 15) is 4.79 Å². The monoisotopic (exact) mass is 493 g/mol. The van der Waals surface area contributed by atoms with E-state index < -0.39 is 0 Å². The molecular weight excluding hydrogens is 482 g/mol. The Balaban J connectivity index is 1.57. The van der Waals surface area contributed by atoms with Crippen LogP contribution in [-0.4, -0.2) is 15.9 Å². The summed E-state index contributed by atoms with van der Waals surface area (Å²) in [5, 5.41) is 4.90. The molecule has 2 aromatic heterocycles. The Morgan fingerprint density at radius 3 is 2.57 bits per heavy atom. The van der Waals surface area contributed by atoms with Crippen molar-refractivity contribution in [3.63, 3.8) is 0 Å². The fourth-order valence-corrected chi connectivity index (χ4v) is 4.65. The van der Waals surface area contributed by atoms with Crippen molar-refractivity contribution in [2.24, 2.45) is 0 Å². The number of para-hydroxylation sites is 1. The van der Waals surface area contributed by atoms with Crippen molar-refractivity contribution in [2.45, 2.75) is 0 Å². The Morgan fingerprint density at radius 2 is 1.73 bits per heavy atom. The summed E-state index contributed by atoms with van der Waals surface area (Å²) in [5.41, 5.74) is 3.79. The largest absolute Gasteiger partial charge is 0.298 e. The second-order valence-corrected chi connectivity index (χ2v) is 9.05. The molecule has 4 nitrogen and oxygen atoms in total. The van der Waals surface area contributed by atoms with Gasteiger partial charge < -0.3 is 0 Å². The Morgan fingerprint density at radius 1 is 0.933 bits per heavy atom. The van der Waals surface area contributed by atoms with Gasteiger partial charge in [0.15, 0.2) is 5.13 Å². The van der Waals surface area contributed by atoms with Gasteiger partial charge in [-0.2, -0.15) is 0 Å². The van der Waals surface area contributed by atoms with Crippen molar-refractivity contribution >= 4 is 71.0 Å². The van der Waals surface area contributed by atoms with E-state index >= 15 is 0 Å². The summed E-state index contributed by atoms with van der Waals surface area (Å²) in [6.45, 7) is 0. The van der Waals surface area contributed by atoms with E-state index in [1.165, 1.54) is 11.3 Å². The summed E-state index contributed by atoms with van der Waals surface area (Å²) in [7, 11) is 0. The highest BCUT2D eigenvalue weighted by Gasteiger charge is 2.16. The predicted octanol–water partition coefficient (Wildman–Crippen LogP) is 7.18. The molecule has 30 heavy (non-hydrogen) atoms. The van der Waals surface area contributed by atoms with Crippen LogP contribution in [-0.2, 0) is 0 Å². The smallest absolute Gasteiger partial charge is 0.258 e.